The topological polar surface area (TPSA) is 40.5 Å². The van der Waals surface area contributed by atoms with Crippen molar-refractivity contribution in [3.8, 4) is 0 Å². The van der Waals surface area contributed by atoms with E-state index >= 15 is 0 Å². The molecule has 0 fully saturated rings. The Balaban J connectivity index is 3.85. The summed E-state index contributed by atoms with van der Waals surface area (Å²) in [4.78, 5) is 0. The third-order valence-electron chi connectivity index (χ3n) is 2.76. The summed E-state index contributed by atoms with van der Waals surface area (Å²) in [5.41, 5.74) is 0. The van der Waals surface area contributed by atoms with Gasteiger partial charge in [-0.1, -0.05) is 34.1 Å². The lowest BCUT2D eigenvalue weighted by Gasteiger charge is -2.21. The summed E-state index contributed by atoms with van der Waals surface area (Å²) in [6.45, 7) is 8.50. The minimum atomic E-state index is -1.14. The highest BCUT2D eigenvalue weighted by Crippen LogP contribution is 2.26. The molecule has 0 aliphatic rings. The Morgan fingerprint density at radius 2 is 1.67 bits per heavy atom. The number of rotatable bonds is 5. The van der Waals surface area contributed by atoms with E-state index < -0.39 is 7.12 Å². The molecule has 72 valence electrons. The molecule has 0 saturated heterocycles. The van der Waals surface area contributed by atoms with Crippen LogP contribution in [-0.4, -0.2) is 17.2 Å². The average molecular weight is 172 g/mol. The Labute approximate surface area is 76.1 Å². The molecular formula is C9H21BO2. The SMILES string of the molecule is CCC(CC(C)C(C)C)B(O)O. The van der Waals surface area contributed by atoms with Gasteiger partial charge in [-0.2, -0.15) is 0 Å². The molecule has 2 unspecified atom stereocenters. The maximum Gasteiger partial charge on any atom is 0.454 e. The molecule has 0 aromatic carbocycles. The highest BCUT2D eigenvalue weighted by atomic mass is 16.4. The lowest BCUT2D eigenvalue weighted by Crippen LogP contribution is -2.22. The molecule has 2 N–H and O–H groups in total. The summed E-state index contributed by atoms with van der Waals surface area (Å²) in [6, 6.07) is 0. The molecule has 0 aliphatic heterocycles. The van der Waals surface area contributed by atoms with Gasteiger partial charge in [-0.3, -0.25) is 0 Å². The second-order valence-corrected chi connectivity index (χ2v) is 4.04. The Morgan fingerprint density at radius 1 is 1.17 bits per heavy atom. The van der Waals surface area contributed by atoms with E-state index in [0.717, 1.165) is 12.8 Å². The molecule has 0 aromatic rings. The minimum absolute atomic E-state index is 0.0439. The molecule has 12 heavy (non-hydrogen) atoms. The van der Waals surface area contributed by atoms with Crippen molar-refractivity contribution in [1.29, 1.82) is 0 Å². The first-order chi connectivity index (χ1) is 5.49. The van der Waals surface area contributed by atoms with Gasteiger partial charge in [-0.15, -0.1) is 0 Å². The van der Waals surface area contributed by atoms with Crippen LogP contribution in [0, 0.1) is 11.8 Å². The smallest absolute Gasteiger partial charge is 0.427 e. The molecule has 0 radical (unpaired) electrons. The van der Waals surface area contributed by atoms with Gasteiger partial charge in [-0.25, -0.2) is 0 Å². The van der Waals surface area contributed by atoms with E-state index in [2.05, 4.69) is 20.8 Å². The predicted octanol–water partition coefficient (Wildman–Crippen LogP) is 1.92. The third-order valence-corrected chi connectivity index (χ3v) is 2.76. The van der Waals surface area contributed by atoms with Gasteiger partial charge in [0.15, 0.2) is 0 Å². The van der Waals surface area contributed by atoms with Gasteiger partial charge < -0.3 is 10.0 Å². The maximum absolute atomic E-state index is 9.00. The molecule has 2 nitrogen and oxygen atoms in total. The van der Waals surface area contributed by atoms with Crippen molar-refractivity contribution in [3.05, 3.63) is 0 Å². The molecule has 0 rings (SSSR count). The predicted molar refractivity (Wildman–Crippen MR) is 52.9 cm³/mol. The van der Waals surface area contributed by atoms with Crippen molar-refractivity contribution in [2.45, 2.75) is 46.4 Å². The zero-order chi connectivity index (χ0) is 9.72. The van der Waals surface area contributed by atoms with Crippen LogP contribution >= 0.6 is 0 Å². The van der Waals surface area contributed by atoms with Crippen LogP contribution in [0.15, 0.2) is 0 Å². The van der Waals surface area contributed by atoms with E-state index in [-0.39, 0.29) is 5.82 Å². The summed E-state index contributed by atoms with van der Waals surface area (Å²) in [5.74, 6) is 1.23. The van der Waals surface area contributed by atoms with Crippen molar-refractivity contribution < 1.29 is 10.0 Å². The van der Waals surface area contributed by atoms with Crippen LogP contribution in [-0.2, 0) is 0 Å². The zero-order valence-electron chi connectivity index (χ0n) is 8.62. The van der Waals surface area contributed by atoms with E-state index in [0.29, 0.717) is 11.8 Å². The van der Waals surface area contributed by atoms with Crippen LogP contribution in [0.3, 0.4) is 0 Å². The van der Waals surface area contributed by atoms with Crippen LogP contribution in [0.25, 0.3) is 0 Å². The zero-order valence-corrected chi connectivity index (χ0v) is 8.62. The van der Waals surface area contributed by atoms with Gasteiger partial charge in [0, 0.05) is 0 Å². The van der Waals surface area contributed by atoms with Crippen molar-refractivity contribution in [1.82, 2.24) is 0 Å². The summed E-state index contributed by atoms with van der Waals surface area (Å²) < 4.78 is 0. The average Bonchev–Trinajstić information content (AvgIpc) is 1.98. The van der Waals surface area contributed by atoms with Crippen molar-refractivity contribution >= 4 is 7.12 Å². The fraction of sp³-hybridized carbons (Fsp3) is 1.00. The fourth-order valence-electron chi connectivity index (χ4n) is 1.25. The van der Waals surface area contributed by atoms with E-state index in [1.165, 1.54) is 0 Å². The largest absolute Gasteiger partial charge is 0.454 e. The first-order valence-electron chi connectivity index (χ1n) is 4.85. The van der Waals surface area contributed by atoms with Crippen molar-refractivity contribution in [3.63, 3.8) is 0 Å². The fourth-order valence-corrected chi connectivity index (χ4v) is 1.25. The number of hydrogen-bond acceptors (Lipinski definition) is 2. The first-order valence-corrected chi connectivity index (χ1v) is 4.85. The van der Waals surface area contributed by atoms with Crippen LogP contribution in [0.2, 0.25) is 5.82 Å². The monoisotopic (exact) mass is 172 g/mol. The van der Waals surface area contributed by atoms with E-state index in [1.807, 2.05) is 6.92 Å². The Hall–Kier alpha value is -0.0151. The molecule has 0 saturated carbocycles. The van der Waals surface area contributed by atoms with Crippen molar-refractivity contribution in [2.75, 3.05) is 0 Å². The standard InChI is InChI=1S/C9H21BO2/c1-5-9(10(11)12)6-8(4)7(2)3/h7-9,11-12H,5-6H2,1-4H3. The van der Waals surface area contributed by atoms with Gasteiger partial charge in [0.05, 0.1) is 0 Å². The van der Waals surface area contributed by atoms with Gasteiger partial charge in [0.2, 0.25) is 0 Å². The third kappa shape index (κ3) is 4.12. The lowest BCUT2D eigenvalue weighted by molar-refractivity contribution is 0.328. The highest BCUT2D eigenvalue weighted by molar-refractivity contribution is 6.43. The molecule has 0 bridgehead atoms. The van der Waals surface area contributed by atoms with Crippen molar-refractivity contribution in [2.24, 2.45) is 11.8 Å². The summed E-state index contributed by atoms with van der Waals surface area (Å²) in [5, 5.41) is 18.0. The summed E-state index contributed by atoms with van der Waals surface area (Å²) in [6.07, 6.45) is 1.75. The summed E-state index contributed by atoms with van der Waals surface area (Å²) in [7, 11) is -1.14. The van der Waals surface area contributed by atoms with E-state index in [9.17, 15) is 0 Å². The van der Waals surface area contributed by atoms with E-state index in [1.54, 1.807) is 0 Å². The molecule has 0 aromatic heterocycles. The second kappa shape index (κ2) is 5.60. The van der Waals surface area contributed by atoms with E-state index in [4.69, 9.17) is 10.0 Å². The van der Waals surface area contributed by atoms with Gasteiger partial charge >= 0.3 is 7.12 Å². The Morgan fingerprint density at radius 3 is 1.92 bits per heavy atom. The van der Waals surface area contributed by atoms with Crippen LogP contribution in [0.4, 0.5) is 0 Å². The van der Waals surface area contributed by atoms with Crippen LogP contribution in [0.1, 0.15) is 40.5 Å². The molecular weight excluding hydrogens is 151 g/mol. The van der Waals surface area contributed by atoms with Gasteiger partial charge in [0.1, 0.15) is 0 Å². The Kier molecular flexibility index (Phi) is 5.59. The normalized spacial score (nSPS) is 16.2. The molecule has 2 atom stereocenters. The molecule has 0 aliphatic carbocycles. The molecule has 0 amide bonds. The van der Waals surface area contributed by atoms with Gasteiger partial charge in [0.25, 0.3) is 0 Å². The quantitative estimate of drug-likeness (QED) is 0.622. The maximum atomic E-state index is 9.00. The first kappa shape index (κ1) is 12.0. The van der Waals surface area contributed by atoms with Crippen LogP contribution < -0.4 is 0 Å². The van der Waals surface area contributed by atoms with Crippen LogP contribution in [0.5, 0.6) is 0 Å². The second-order valence-electron chi connectivity index (χ2n) is 4.04. The molecule has 0 heterocycles. The Bertz CT molecular complexity index is 115. The minimum Gasteiger partial charge on any atom is -0.427 e. The van der Waals surface area contributed by atoms with Gasteiger partial charge in [-0.05, 0) is 24.1 Å². The molecule has 0 spiro atoms. The number of hydrogen-bond donors (Lipinski definition) is 2. The highest BCUT2D eigenvalue weighted by Gasteiger charge is 2.24. The summed E-state index contributed by atoms with van der Waals surface area (Å²) >= 11 is 0. The lowest BCUT2D eigenvalue weighted by atomic mass is 9.66. The molecule has 3 heteroatoms.